The zero-order valence-electron chi connectivity index (χ0n) is 16.4. The Morgan fingerprint density at radius 3 is 2.52 bits per heavy atom. The summed E-state index contributed by atoms with van der Waals surface area (Å²) in [6.45, 7) is 0.265. The van der Waals surface area contributed by atoms with Gasteiger partial charge in [0.15, 0.2) is 0 Å². The third kappa shape index (κ3) is 4.59. The van der Waals surface area contributed by atoms with Crippen LogP contribution in [0.1, 0.15) is 21.5 Å². The zero-order chi connectivity index (χ0) is 22.8. The highest BCUT2D eigenvalue weighted by molar-refractivity contribution is 6.33. The zero-order valence-corrected chi connectivity index (χ0v) is 17.2. The fourth-order valence-corrected chi connectivity index (χ4v) is 3.73. The van der Waals surface area contributed by atoms with Gasteiger partial charge in [0.25, 0.3) is 5.91 Å². The molecule has 2 amide bonds. The largest absolute Gasteiger partial charge is 0.417 e. The van der Waals surface area contributed by atoms with Crippen molar-refractivity contribution in [1.82, 2.24) is 10.2 Å². The Balaban J connectivity index is 1.93. The topological polar surface area (TPSA) is 76.4 Å². The number of benzene rings is 2. The number of carbonyl (C=O) groups excluding carboxylic acids is 2. The van der Waals surface area contributed by atoms with Gasteiger partial charge in [0.05, 0.1) is 34.3 Å². The van der Waals surface area contributed by atoms with E-state index >= 15 is 0 Å². The second-order valence-corrected chi connectivity index (χ2v) is 7.30. The van der Waals surface area contributed by atoms with Crippen molar-refractivity contribution in [2.75, 3.05) is 31.6 Å². The standard InChI is InChI=1S/C21H18ClF3N4O2/c1-27-19(30)18-12-28(20(31)15-4-2-3-5-17(15)22)8-9-29(18)14-7-6-13(11-26)16(10-14)21(23,24)25/h2-7,10,18H,8-9,12H2,1H3,(H,27,30). The Labute approximate surface area is 181 Å². The van der Waals surface area contributed by atoms with E-state index in [0.717, 1.165) is 12.1 Å². The smallest absolute Gasteiger partial charge is 0.357 e. The van der Waals surface area contributed by atoms with Crippen molar-refractivity contribution in [2.24, 2.45) is 0 Å². The lowest BCUT2D eigenvalue weighted by Gasteiger charge is -2.42. The van der Waals surface area contributed by atoms with Crippen LogP contribution in [-0.2, 0) is 11.0 Å². The minimum atomic E-state index is -4.72. The first-order valence-corrected chi connectivity index (χ1v) is 9.68. The van der Waals surface area contributed by atoms with Gasteiger partial charge in [-0.05, 0) is 30.3 Å². The summed E-state index contributed by atoms with van der Waals surface area (Å²) in [6, 6.07) is 10.4. The summed E-state index contributed by atoms with van der Waals surface area (Å²) >= 11 is 6.11. The van der Waals surface area contributed by atoms with Crippen molar-refractivity contribution >= 4 is 29.1 Å². The van der Waals surface area contributed by atoms with Crippen LogP contribution in [0.25, 0.3) is 0 Å². The van der Waals surface area contributed by atoms with Crippen LogP contribution in [0.4, 0.5) is 18.9 Å². The molecule has 1 fully saturated rings. The highest BCUT2D eigenvalue weighted by atomic mass is 35.5. The van der Waals surface area contributed by atoms with Gasteiger partial charge in [-0.3, -0.25) is 9.59 Å². The molecule has 31 heavy (non-hydrogen) atoms. The SMILES string of the molecule is CNC(=O)C1CN(C(=O)c2ccccc2Cl)CCN1c1ccc(C#N)c(C(F)(F)F)c1. The van der Waals surface area contributed by atoms with Gasteiger partial charge in [-0.15, -0.1) is 0 Å². The number of rotatable bonds is 3. The van der Waals surface area contributed by atoms with Gasteiger partial charge in [-0.1, -0.05) is 23.7 Å². The van der Waals surface area contributed by atoms with Crippen molar-refractivity contribution in [3.8, 4) is 6.07 Å². The summed E-state index contributed by atoms with van der Waals surface area (Å²) in [5.41, 5.74) is -1.14. The van der Waals surface area contributed by atoms with Crippen LogP contribution in [-0.4, -0.2) is 49.4 Å². The average Bonchev–Trinajstić information content (AvgIpc) is 2.77. The van der Waals surface area contributed by atoms with Gasteiger partial charge in [-0.25, -0.2) is 0 Å². The molecule has 2 aromatic rings. The summed E-state index contributed by atoms with van der Waals surface area (Å²) < 4.78 is 40.2. The maximum absolute atomic E-state index is 13.4. The molecule has 0 saturated carbocycles. The molecule has 1 aliphatic heterocycles. The van der Waals surface area contributed by atoms with Crippen molar-refractivity contribution in [2.45, 2.75) is 12.2 Å². The number of hydrogen-bond donors (Lipinski definition) is 1. The number of nitrogens with zero attached hydrogens (tertiary/aromatic N) is 3. The van der Waals surface area contributed by atoms with Gasteiger partial charge < -0.3 is 15.1 Å². The van der Waals surface area contributed by atoms with Crippen LogP contribution in [0.5, 0.6) is 0 Å². The van der Waals surface area contributed by atoms with Crippen molar-refractivity contribution in [1.29, 1.82) is 5.26 Å². The molecule has 6 nitrogen and oxygen atoms in total. The molecule has 1 aliphatic rings. The molecule has 0 radical (unpaired) electrons. The summed E-state index contributed by atoms with van der Waals surface area (Å²) in [5, 5.41) is 11.8. The Morgan fingerprint density at radius 1 is 1.19 bits per heavy atom. The molecule has 0 bridgehead atoms. The van der Waals surface area contributed by atoms with Crippen LogP contribution in [0.3, 0.4) is 0 Å². The van der Waals surface area contributed by atoms with Crippen LogP contribution < -0.4 is 10.2 Å². The number of hydrogen-bond acceptors (Lipinski definition) is 4. The number of nitrogens with one attached hydrogen (secondary N) is 1. The van der Waals surface area contributed by atoms with E-state index in [9.17, 15) is 22.8 Å². The van der Waals surface area contributed by atoms with E-state index in [1.165, 1.54) is 29.0 Å². The number of amides is 2. The number of alkyl halides is 3. The van der Waals surface area contributed by atoms with Gasteiger partial charge in [0, 0.05) is 25.8 Å². The molecule has 0 spiro atoms. The number of nitriles is 1. The van der Waals surface area contributed by atoms with Crippen LogP contribution in [0.15, 0.2) is 42.5 Å². The van der Waals surface area contributed by atoms with Crippen molar-refractivity contribution in [3.05, 3.63) is 64.2 Å². The normalized spacial score (nSPS) is 16.6. The van der Waals surface area contributed by atoms with Gasteiger partial charge in [0.2, 0.25) is 5.91 Å². The maximum Gasteiger partial charge on any atom is 0.417 e. The summed E-state index contributed by atoms with van der Waals surface area (Å²) in [7, 11) is 1.41. The maximum atomic E-state index is 13.4. The fourth-order valence-electron chi connectivity index (χ4n) is 3.52. The average molecular weight is 451 g/mol. The van der Waals surface area contributed by atoms with Crippen LogP contribution in [0, 0.1) is 11.3 Å². The molecule has 3 rings (SSSR count). The van der Waals surface area contributed by atoms with E-state index in [-0.39, 0.29) is 41.8 Å². The number of carbonyl (C=O) groups is 2. The van der Waals surface area contributed by atoms with E-state index < -0.39 is 29.3 Å². The molecule has 1 unspecified atom stereocenters. The van der Waals surface area contributed by atoms with E-state index in [1.807, 2.05) is 0 Å². The predicted octanol–water partition coefficient (Wildman–Crippen LogP) is 3.31. The molecule has 1 atom stereocenters. The highest BCUT2D eigenvalue weighted by Crippen LogP contribution is 2.35. The summed E-state index contributed by atoms with van der Waals surface area (Å²) in [6.07, 6.45) is -4.72. The first kappa shape index (κ1) is 22.4. The molecule has 1 heterocycles. The molecule has 1 N–H and O–H groups in total. The van der Waals surface area contributed by atoms with Gasteiger partial charge in [0.1, 0.15) is 6.04 Å². The number of piperazine rings is 1. The summed E-state index contributed by atoms with van der Waals surface area (Å²) in [5.74, 6) is -0.815. The minimum absolute atomic E-state index is 0.0366. The quantitative estimate of drug-likeness (QED) is 0.778. The van der Waals surface area contributed by atoms with Crippen molar-refractivity contribution < 1.29 is 22.8 Å². The summed E-state index contributed by atoms with van der Waals surface area (Å²) in [4.78, 5) is 28.4. The minimum Gasteiger partial charge on any atom is -0.357 e. The highest BCUT2D eigenvalue weighted by Gasteiger charge is 2.38. The Morgan fingerprint density at radius 2 is 1.90 bits per heavy atom. The first-order valence-electron chi connectivity index (χ1n) is 9.30. The van der Waals surface area contributed by atoms with Crippen LogP contribution in [0.2, 0.25) is 5.02 Å². The third-order valence-electron chi connectivity index (χ3n) is 5.08. The molecule has 1 saturated heterocycles. The number of halogens is 4. The molecule has 2 aromatic carbocycles. The third-order valence-corrected chi connectivity index (χ3v) is 5.41. The van der Waals surface area contributed by atoms with Crippen molar-refractivity contribution in [3.63, 3.8) is 0 Å². The molecule has 0 aromatic heterocycles. The molecular formula is C21H18ClF3N4O2. The van der Waals surface area contributed by atoms with E-state index in [2.05, 4.69) is 5.32 Å². The Bertz CT molecular complexity index is 1050. The number of likely N-dealkylation sites (N-methyl/N-ethyl adjacent to an activating group) is 1. The van der Waals surface area contributed by atoms with E-state index in [4.69, 9.17) is 16.9 Å². The fraction of sp³-hybridized carbons (Fsp3) is 0.286. The first-order chi connectivity index (χ1) is 14.7. The molecule has 0 aliphatic carbocycles. The monoisotopic (exact) mass is 450 g/mol. The van der Waals surface area contributed by atoms with E-state index in [1.54, 1.807) is 24.3 Å². The molecule has 10 heteroatoms. The van der Waals surface area contributed by atoms with E-state index in [0.29, 0.717) is 0 Å². The van der Waals surface area contributed by atoms with Crippen LogP contribution >= 0.6 is 11.6 Å². The second kappa shape index (κ2) is 8.86. The van der Waals surface area contributed by atoms with Gasteiger partial charge >= 0.3 is 6.18 Å². The second-order valence-electron chi connectivity index (χ2n) is 6.89. The Kier molecular flexibility index (Phi) is 6.41. The lowest BCUT2D eigenvalue weighted by Crippen LogP contribution is -2.60. The molecule has 162 valence electrons. The number of anilines is 1. The lowest BCUT2D eigenvalue weighted by molar-refractivity contribution is -0.137. The molecular weight excluding hydrogens is 433 g/mol. The van der Waals surface area contributed by atoms with Gasteiger partial charge in [-0.2, -0.15) is 18.4 Å². The predicted molar refractivity (Wildman–Crippen MR) is 109 cm³/mol. The Hall–Kier alpha value is -3.25. The lowest BCUT2D eigenvalue weighted by atomic mass is 10.0.